The van der Waals surface area contributed by atoms with Crippen LogP contribution in [0.25, 0.3) is 0 Å². The van der Waals surface area contributed by atoms with Crippen molar-refractivity contribution in [2.24, 2.45) is 5.92 Å². The van der Waals surface area contributed by atoms with E-state index in [2.05, 4.69) is 12.1 Å². The third-order valence-corrected chi connectivity index (χ3v) is 4.68. The fourth-order valence-electron chi connectivity index (χ4n) is 3.47. The number of likely N-dealkylation sites (tertiary alicyclic amines) is 1. The van der Waals surface area contributed by atoms with Crippen LogP contribution in [0.4, 0.5) is 0 Å². The molecule has 0 spiro atoms. The zero-order chi connectivity index (χ0) is 14.8. The number of hydrogen-bond donors (Lipinski definition) is 1. The monoisotopic (exact) mass is 287 g/mol. The van der Waals surface area contributed by atoms with Crippen molar-refractivity contribution in [3.05, 3.63) is 34.9 Å². The quantitative estimate of drug-likeness (QED) is 0.925. The molecule has 21 heavy (non-hydrogen) atoms. The minimum absolute atomic E-state index is 0.0996. The molecule has 1 amide bonds. The van der Waals surface area contributed by atoms with Crippen LogP contribution in [-0.4, -0.2) is 35.0 Å². The Morgan fingerprint density at radius 3 is 2.86 bits per heavy atom. The number of benzene rings is 1. The molecular formula is C17H21NO3. The number of rotatable bonds is 4. The highest BCUT2D eigenvalue weighted by molar-refractivity contribution is 5.94. The number of fused-ring (bicyclic) bond motifs is 1. The van der Waals surface area contributed by atoms with Crippen LogP contribution in [-0.2, 0) is 17.6 Å². The van der Waals surface area contributed by atoms with Crippen molar-refractivity contribution in [2.45, 2.75) is 38.5 Å². The van der Waals surface area contributed by atoms with Gasteiger partial charge < -0.3 is 10.0 Å². The lowest BCUT2D eigenvalue weighted by molar-refractivity contribution is -0.137. The largest absolute Gasteiger partial charge is 0.481 e. The minimum atomic E-state index is -0.751. The lowest BCUT2D eigenvalue weighted by Crippen LogP contribution is -2.28. The van der Waals surface area contributed by atoms with Gasteiger partial charge in [-0.2, -0.15) is 0 Å². The lowest BCUT2D eigenvalue weighted by atomic mass is 10.0. The Kier molecular flexibility index (Phi) is 3.95. The van der Waals surface area contributed by atoms with E-state index in [4.69, 9.17) is 5.11 Å². The normalized spacial score (nSPS) is 20.6. The third-order valence-electron chi connectivity index (χ3n) is 4.68. The molecule has 1 aliphatic carbocycles. The van der Waals surface area contributed by atoms with Gasteiger partial charge in [0.1, 0.15) is 0 Å². The molecule has 1 saturated heterocycles. The second-order valence-electron chi connectivity index (χ2n) is 6.18. The summed E-state index contributed by atoms with van der Waals surface area (Å²) < 4.78 is 0. The standard InChI is InChI=1S/C17H21NO3/c19-16(20)7-4-12-8-9-18(11-12)17(21)15-6-5-13-2-1-3-14(13)10-15/h5-6,10,12H,1-4,7-9,11H2,(H,19,20). The number of carboxylic acids is 1. The molecule has 3 rings (SSSR count). The molecule has 0 bridgehead atoms. The fraction of sp³-hybridized carbons (Fsp3) is 0.529. The van der Waals surface area contributed by atoms with E-state index in [1.165, 1.54) is 17.5 Å². The fourth-order valence-corrected chi connectivity index (χ4v) is 3.47. The van der Waals surface area contributed by atoms with Crippen LogP contribution >= 0.6 is 0 Å². The highest BCUT2D eigenvalue weighted by Crippen LogP contribution is 2.26. The van der Waals surface area contributed by atoms with Crippen molar-refractivity contribution in [3.63, 3.8) is 0 Å². The zero-order valence-corrected chi connectivity index (χ0v) is 12.2. The average Bonchev–Trinajstić information content (AvgIpc) is 3.12. The van der Waals surface area contributed by atoms with Crippen LogP contribution in [0.1, 0.15) is 47.2 Å². The summed E-state index contributed by atoms with van der Waals surface area (Å²) in [6.45, 7) is 1.45. The first-order chi connectivity index (χ1) is 10.1. The summed E-state index contributed by atoms with van der Waals surface area (Å²) in [5, 5.41) is 8.74. The molecule has 1 atom stereocenters. The molecule has 1 fully saturated rings. The van der Waals surface area contributed by atoms with Gasteiger partial charge in [0.25, 0.3) is 5.91 Å². The number of amides is 1. The molecule has 0 radical (unpaired) electrons. The molecule has 1 aliphatic heterocycles. The van der Waals surface area contributed by atoms with Gasteiger partial charge in [-0.3, -0.25) is 9.59 Å². The van der Waals surface area contributed by atoms with Gasteiger partial charge in [0.15, 0.2) is 0 Å². The van der Waals surface area contributed by atoms with Gasteiger partial charge in [-0.15, -0.1) is 0 Å². The number of carbonyl (C=O) groups is 2. The van der Waals surface area contributed by atoms with Crippen LogP contribution in [0.2, 0.25) is 0 Å². The van der Waals surface area contributed by atoms with Gasteiger partial charge in [-0.1, -0.05) is 6.07 Å². The summed E-state index contributed by atoms with van der Waals surface area (Å²) in [5.74, 6) is -0.319. The first-order valence-corrected chi connectivity index (χ1v) is 7.76. The molecular weight excluding hydrogens is 266 g/mol. The number of carbonyl (C=O) groups excluding carboxylic acids is 1. The highest BCUT2D eigenvalue weighted by atomic mass is 16.4. The first kappa shape index (κ1) is 14.1. The number of hydrogen-bond acceptors (Lipinski definition) is 2. The van der Waals surface area contributed by atoms with Crippen molar-refractivity contribution in [2.75, 3.05) is 13.1 Å². The van der Waals surface area contributed by atoms with Crippen molar-refractivity contribution in [1.82, 2.24) is 4.90 Å². The summed E-state index contributed by atoms with van der Waals surface area (Å²) in [4.78, 5) is 25.0. The summed E-state index contributed by atoms with van der Waals surface area (Å²) in [6, 6.07) is 6.08. The van der Waals surface area contributed by atoms with Crippen LogP contribution in [0, 0.1) is 5.92 Å². The lowest BCUT2D eigenvalue weighted by Gasteiger charge is -2.17. The van der Waals surface area contributed by atoms with Crippen LogP contribution in [0.5, 0.6) is 0 Å². The van der Waals surface area contributed by atoms with Gasteiger partial charge in [-0.25, -0.2) is 0 Å². The van der Waals surface area contributed by atoms with Crippen LogP contribution in [0.3, 0.4) is 0 Å². The molecule has 1 aromatic rings. The Bertz CT molecular complexity index is 567. The van der Waals surface area contributed by atoms with E-state index in [-0.39, 0.29) is 12.3 Å². The van der Waals surface area contributed by atoms with E-state index in [0.717, 1.165) is 31.4 Å². The molecule has 0 aromatic heterocycles. The van der Waals surface area contributed by atoms with Gasteiger partial charge in [0, 0.05) is 25.1 Å². The maximum Gasteiger partial charge on any atom is 0.303 e. The molecule has 0 saturated carbocycles. The molecule has 1 N–H and O–H groups in total. The average molecular weight is 287 g/mol. The van der Waals surface area contributed by atoms with Crippen LogP contribution in [0.15, 0.2) is 18.2 Å². The smallest absolute Gasteiger partial charge is 0.303 e. The maximum atomic E-state index is 12.5. The van der Waals surface area contributed by atoms with Gasteiger partial charge in [0.2, 0.25) is 0 Å². The second-order valence-corrected chi connectivity index (χ2v) is 6.18. The van der Waals surface area contributed by atoms with Crippen molar-refractivity contribution in [1.29, 1.82) is 0 Å². The van der Waals surface area contributed by atoms with Gasteiger partial charge in [-0.05, 0) is 61.3 Å². The summed E-state index contributed by atoms with van der Waals surface area (Å²) in [6.07, 6.45) is 5.19. The second kappa shape index (κ2) is 5.88. The van der Waals surface area contributed by atoms with Gasteiger partial charge >= 0.3 is 5.97 Å². The Morgan fingerprint density at radius 2 is 2.05 bits per heavy atom. The zero-order valence-electron chi connectivity index (χ0n) is 12.2. The Balaban J connectivity index is 1.62. The molecule has 1 aromatic carbocycles. The predicted molar refractivity (Wildman–Crippen MR) is 79.3 cm³/mol. The maximum absolute atomic E-state index is 12.5. The van der Waals surface area contributed by atoms with Crippen LogP contribution < -0.4 is 0 Å². The van der Waals surface area contributed by atoms with E-state index in [1.54, 1.807) is 0 Å². The van der Waals surface area contributed by atoms with Crippen molar-refractivity contribution >= 4 is 11.9 Å². The van der Waals surface area contributed by atoms with E-state index in [0.29, 0.717) is 18.9 Å². The Hall–Kier alpha value is -1.84. The summed E-state index contributed by atoms with van der Waals surface area (Å²) in [7, 11) is 0. The Morgan fingerprint density at radius 1 is 1.24 bits per heavy atom. The van der Waals surface area contributed by atoms with E-state index >= 15 is 0 Å². The third kappa shape index (κ3) is 3.09. The molecule has 1 heterocycles. The molecule has 4 nitrogen and oxygen atoms in total. The molecule has 112 valence electrons. The van der Waals surface area contributed by atoms with Crippen molar-refractivity contribution < 1.29 is 14.7 Å². The number of nitrogens with zero attached hydrogens (tertiary/aromatic N) is 1. The predicted octanol–water partition coefficient (Wildman–Crippen LogP) is 2.50. The minimum Gasteiger partial charge on any atom is -0.481 e. The summed E-state index contributed by atoms with van der Waals surface area (Å²) in [5.41, 5.74) is 3.49. The van der Waals surface area contributed by atoms with Gasteiger partial charge in [0.05, 0.1) is 0 Å². The van der Waals surface area contributed by atoms with E-state index in [1.807, 2.05) is 11.0 Å². The van der Waals surface area contributed by atoms with E-state index in [9.17, 15) is 9.59 Å². The number of aryl methyl sites for hydroxylation is 2. The SMILES string of the molecule is O=C(O)CCC1CCN(C(=O)c2ccc3c(c2)CCC3)C1. The Labute approximate surface area is 124 Å². The van der Waals surface area contributed by atoms with E-state index < -0.39 is 5.97 Å². The van der Waals surface area contributed by atoms with Crippen molar-refractivity contribution in [3.8, 4) is 0 Å². The summed E-state index contributed by atoms with van der Waals surface area (Å²) >= 11 is 0. The highest BCUT2D eigenvalue weighted by Gasteiger charge is 2.27. The molecule has 4 heteroatoms. The number of carboxylic acid groups (broad SMARTS) is 1. The molecule has 2 aliphatic rings. The number of aliphatic carboxylic acids is 1. The topological polar surface area (TPSA) is 57.6 Å². The first-order valence-electron chi connectivity index (χ1n) is 7.76. The molecule has 1 unspecified atom stereocenters.